The molecule has 0 bridgehead atoms. The van der Waals surface area contributed by atoms with Crippen LogP contribution >= 0.6 is 23.5 Å². The van der Waals surface area contributed by atoms with Crippen LogP contribution < -0.4 is 5.73 Å². The van der Waals surface area contributed by atoms with Crippen molar-refractivity contribution in [1.82, 2.24) is 0 Å². The van der Waals surface area contributed by atoms with E-state index in [9.17, 15) is 9.59 Å². The minimum absolute atomic E-state index is 0. The molecule has 8 N–H and O–H groups in total. The number of hydrogen-bond donors (Lipinski definition) is 5. The molecule has 0 aromatic carbocycles. The van der Waals surface area contributed by atoms with Gasteiger partial charge in [-0.2, -0.15) is 23.5 Å². The first-order valence-corrected chi connectivity index (χ1v) is 10.2. The Hall–Kier alpha value is -0.570. The highest BCUT2D eigenvalue weighted by Gasteiger charge is 2.10. The van der Waals surface area contributed by atoms with Crippen molar-refractivity contribution in [2.24, 2.45) is 5.73 Å². The Balaban J connectivity index is -0.000000128. The Morgan fingerprint density at radius 1 is 1.08 bits per heavy atom. The van der Waals surface area contributed by atoms with Gasteiger partial charge >= 0.3 is 16.4 Å². The van der Waals surface area contributed by atoms with Gasteiger partial charge in [0.15, 0.2) is 6.10 Å². The summed E-state index contributed by atoms with van der Waals surface area (Å²) in [6, 6.07) is 0. The lowest BCUT2D eigenvalue weighted by Crippen LogP contribution is -2.28. The highest BCUT2D eigenvalue weighted by Crippen LogP contribution is 1.99. The number of carbonyl (C=O) groups is 2. The monoisotopic (exact) mass is 414 g/mol. The van der Waals surface area contributed by atoms with E-state index in [1.165, 1.54) is 11.8 Å². The SMILES string of the molecule is C.CSCCC(O)C(=O)O.CSCCC(O)C(N)=O.O=S(=O)(O)[OH2+]. The molecule has 0 saturated carbocycles. The Bertz CT molecular complexity index is 385. The molecule has 0 radical (unpaired) electrons. The van der Waals surface area contributed by atoms with Gasteiger partial charge in [-0.15, -0.1) is 8.42 Å². The molecule has 0 aromatic rings. The first-order chi connectivity index (χ1) is 10.4. The Morgan fingerprint density at radius 3 is 1.58 bits per heavy atom. The van der Waals surface area contributed by atoms with Gasteiger partial charge in [-0.1, -0.05) is 7.43 Å². The first-order valence-electron chi connectivity index (χ1n) is 5.94. The lowest BCUT2D eigenvalue weighted by Gasteiger charge is -2.02. The van der Waals surface area contributed by atoms with Gasteiger partial charge in [0.05, 0.1) is 0 Å². The van der Waals surface area contributed by atoms with Crippen LogP contribution in [0.4, 0.5) is 0 Å². The van der Waals surface area contributed by atoms with Crippen LogP contribution in [0.15, 0.2) is 0 Å². The fraction of sp³-hybridized carbons (Fsp3) is 0.818. The second-order valence-electron chi connectivity index (χ2n) is 3.81. The smallest absolute Gasteiger partial charge is 0.479 e. The maximum absolute atomic E-state index is 10.2. The summed E-state index contributed by atoms with van der Waals surface area (Å²) in [4.78, 5) is 20.1. The number of nitrogens with two attached hydrogens (primary N) is 1. The summed E-state index contributed by atoms with van der Waals surface area (Å²) in [5.74, 6) is -0.314. The summed E-state index contributed by atoms with van der Waals surface area (Å²) in [5, 5.41) is 25.6. The van der Waals surface area contributed by atoms with Crippen molar-refractivity contribution >= 4 is 45.8 Å². The zero-order valence-electron chi connectivity index (χ0n) is 12.7. The summed E-state index contributed by atoms with van der Waals surface area (Å²) >= 11 is 3.10. The lowest BCUT2D eigenvalue weighted by atomic mass is 10.3. The molecule has 0 aliphatic carbocycles. The topological polar surface area (TPSA) is 198 Å². The number of carboxylic acid groups (broad SMARTS) is 1. The Morgan fingerprint density at radius 2 is 1.38 bits per heavy atom. The quantitative estimate of drug-likeness (QED) is 0.240. The number of aliphatic carboxylic acids is 1. The molecule has 0 spiro atoms. The second kappa shape index (κ2) is 18.8. The van der Waals surface area contributed by atoms with Crippen LogP contribution in [0.25, 0.3) is 0 Å². The third-order valence-corrected chi connectivity index (χ3v) is 3.09. The minimum atomic E-state index is -4.42. The molecule has 0 fully saturated rings. The van der Waals surface area contributed by atoms with Crippen molar-refractivity contribution < 1.29 is 42.4 Å². The molecule has 24 heavy (non-hydrogen) atoms. The van der Waals surface area contributed by atoms with Crippen molar-refractivity contribution in [2.45, 2.75) is 32.5 Å². The predicted molar refractivity (Wildman–Crippen MR) is 96.7 cm³/mol. The molecular formula is C11H28NO9S3+. The van der Waals surface area contributed by atoms with E-state index in [-0.39, 0.29) is 7.43 Å². The number of primary amides is 1. The third-order valence-electron chi connectivity index (χ3n) is 1.80. The van der Waals surface area contributed by atoms with Gasteiger partial charge in [-0.3, -0.25) is 4.79 Å². The fourth-order valence-electron chi connectivity index (χ4n) is 0.725. The standard InChI is InChI=1S/C5H11NO2S.C5H10O3S.CH4.H2O4S/c1-9-3-2-4(7)5(6)8;1-9-3-2-4(6)5(7)8;;1-5(2,3)4/h4,7H,2-3H2,1H3,(H2,6,8);4,6H,2-3H2,1H3,(H,7,8);1H4;(H2,1,2,3,4)/p+1. The summed E-state index contributed by atoms with van der Waals surface area (Å²) < 4.78 is 30.3. The van der Waals surface area contributed by atoms with E-state index in [2.05, 4.69) is 0 Å². The molecule has 148 valence electrons. The average molecular weight is 415 g/mol. The van der Waals surface area contributed by atoms with Gasteiger partial charge < -0.3 is 25.6 Å². The fourth-order valence-corrected chi connectivity index (χ4v) is 1.64. The van der Waals surface area contributed by atoms with Crippen LogP contribution in [-0.2, 0) is 20.0 Å². The molecule has 13 heteroatoms. The molecule has 0 heterocycles. The van der Waals surface area contributed by atoms with Gasteiger partial charge in [-0.25, -0.2) is 9.35 Å². The lowest BCUT2D eigenvalue weighted by molar-refractivity contribution is -0.146. The molecule has 10 nitrogen and oxygen atoms in total. The molecule has 0 aromatic heterocycles. The first kappa shape index (κ1) is 31.2. The van der Waals surface area contributed by atoms with Gasteiger partial charge in [-0.05, 0) is 36.9 Å². The number of carboxylic acids is 1. The van der Waals surface area contributed by atoms with Crippen LogP contribution in [0.1, 0.15) is 20.3 Å². The number of aliphatic hydroxyl groups excluding tert-OH is 2. The number of hydrogen-bond acceptors (Lipinski definition) is 8. The molecule has 2 unspecified atom stereocenters. The maximum Gasteiger partial charge on any atom is 0.526 e. The predicted octanol–water partition coefficient (Wildman–Crippen LogP) is -1.08. The van der Waals surface area contributed by atoms with Gasteiger partial charge in [0, 0.05) is 0 Å². The number of aliphatic hydroxyl groups is 2. The Kier molecular flexibility index (Phi) is 24.4. The van der Waals surface area contributed by atoms with Crippen molar-refractivity contribution in [1.29, 1.82) is 0 Å². The van der Waals surface area contributed by atoms with Gasteiger partial charge in [0.1, 0.15) is 6.10 Å². The molecular weight excluding hydrogens is 386 g/mol. The second-order valence-corrected chi connectivity index (χ2v) is 6.73. The summed E-state index contributed by atoms with van der Waals surface area (Å²) in [5.41, 5.74) is 4.78. The van der Waals surface area contributed by atoms with E-state index in [4.69, 9.17) is 38.6 Å². The summed E-state index contributed by atoms with van der Waals surface area (Å²) in [7, 11) is -4.42. The third kappa shape index (κ3) is 37.6. The number of carbonyl (C=O) groups excluding carboxylic acids is 1. The van der Waals surface area contributed by atoms with E-state index in [1.807, 2.05) is 12.5 Å². The molecule has 2 atom stereocenters. The summed E-state index contributed by atoms with van der Waals surface area (Å²) in [6.07, 6.45) is 2.42. The highest BCUT2D eigenvalue weighted by atomic mass is 32.3. The normalized spacial score (nSPS) is 12.2. The van der Waals surface area contributed by atoms with E-state index >= 15 is 0 Å². The summed E-state index contributed by atoms with van der Waals surface area (Å²) in [6.45, 7) is 0. The van der Waals surface area contributed by atoms with Gasteiger partial charge in [0.25, 0.3) is 0 Å². The average Bonchev–Trinajstić information content (AvgIpc) is 2.40. The van der Waals surface area contributed by atoms with E-state index in [0.29, 0.717) is 18.6 Å². The van der Waals surface area contributed by atoms with Crippen LogP contribution in [-0.4, -0.2) is 80.9 Å². The van der Waals surface area contributed by atoms with E-state index in [1.54, 1.807) is 11.8 Å². The van der Waals surface area contributed by atoms with Gasteiger partial charge in [0.2, 0.25) is 5.91 Å². The molecule has 0 aliphatic rings. The minimum Gasteiger partial charge on any atom is -0.479 e. The van der Waals surface area contributed by atoms with Crippen LogP contribution in [0.3, 0.4) is 0 Å². The molecule has 0 aliphatic heterocycles. The van der Waals surface area contributed by atoms with Crippen molar-refractivity contribution in [2.75, 3.05) is 24.0 Å². The van der Waals surface area contributed by atoms with Crippen LogP contribution in [0.2, 0.25) is 0 Å². The van der Waals surface area contributed by atoms with Crippen molar-refractivity contribution in [3.05, 3.63) is 0 Å². The number of amides is 1. The molecule has 0 saturated heterocycles. The number of rotatable bonds is 8. The number of thioether (sulfide) groups is 2. The van der Waals surface area contributed by atoms with Crippen molar-refractivity contribution in [3.8, 4) is 0 Å². The van der Waals surface area contributed by atoms with E-state index in [0.717, 1.165) is 5.75 Å². The molecule has 0 rings (SSSR count). The zero-order valence-corrected chi connectivity index (χ0v) is 15.2. The Labute approximate surface area is 150 Å². The molecule has 1 amide bonds. The van der Waals surface area contributed by atoms with Crippen LogP contribution in [0.5, 0.6) is 0 Å². The highest BCUT2D eigenvalue weighted by molar-refractivity contribution is 7.98. The van der Waals surface area contributed by atoms with Crippen LogP contribution in [0, 0.1) is 0 Å². The largest absolute Gasteiger partial charge is 0.526 e. The van der Waals surface area contributed by atoms with Crippen molar-refractivity contribution in [3.63, 3.8) is 0 Å². The zero-order chi connectivity index (χ0) is 19.1. The van der Waals surface area contributed by atoms with E-state index < -0.39 is 34.5 Å². The maximum atomic E-state index is 10.2.